The molecule has 2 heterocycles. The van der Waals surface area contributed by atoms with Crippen LogP contribution in [-0.4, -0.2) is 22.6 Å². The molecule has 0 spiro atoms. The monoisotopic (exact) mass is 272 g/mol. The van der Waals surface area contributed by atoms with Gasteiger partial charge in [0.2, 0.25) is 0 Å². The molecule has 0 saturated carbocycles. The van der Waals surface area contributed by atoms with Gasteiger partial charge >= 0.3 is 0 Å². The number of hydrogen-bond acceptors (Lipinski definition) is 3. The predicted molar refractivity (Wildman–Crippen MR) is 82.5 cm³/mol. The van der Waals surface area contributed by atoms with Crippen molar-refractivity contribution < 1.29 is 0 Å². The Morgan fingerprint density at radius 3 is 2.53 bits per heavy atom. The molecule has 0 unspecified atom stereocenters. The van der Waals surface area contributed by atoms with Gasteiger partial charge in [-0.1, -0.05) is 25.6 Å². The highest BCUT2D eigenvalue weighted by Crippen LogP contribution is 2.25. The van der Waals surface area contributed by atoms with Gasteiger partial charge in [0.15, 0.2) is 0 Å². The molecule has 0 amide bonds. The quantitative estimate of drug-likeness (QED) is 0.641. The Kier molecular flexibility index (Phi) is 3.37. The summed E-state index contributed by atoms with van der Waals surface area (Å²) in [7, 11) is -1.41. The molecule has 0 fully saturated rings. The molecule has 0 saturated heterocycles. The fourth-order valence-electron chi connectivity index (χ4n) is 1.85. The lowest BCUT2D eigenvalue weighted by Gasteiger charge is -2.07. The summed E-state index contributed by atoms with van der Waals surface area (Å²) in [6.45, 7) is 10.9. The van der Waals surface area contributed by atoms with E-state index in [0.29, 0.717) is 11.9 Å². The van der Waals surface area contributed by atoms with Crippen molar-refractivity contribution in [2.45, 2.75) is 39.5 Å². The Hall–Kier alpha value is -1.80. The number of hydrogen-bond donors (Lipinski definition) is 1. The van der Waals surface area contributed by atoms with E-state index in [0.717, 1.165) is 16.6 Å². The Morgan fingerprint density at radius 2 is 1.95 bits per heavy atom. The van der Waals surface area contributed by atoms with Crippen LogP contribution in [0.15, 0.2) is 12.5 Å². The normalized spacial score (nSPS) is 11.7. The lowest BCUT2D eigenvalue weighted by atomic mass is 10.2. The smallest absolute Gasteiger partial charge is 0.147 e. The minimum absolute atomic E-state index is 0.319. The highest BCUT2D eigenvalue weighted by molar-refractivity contribution is 6.83. The van der Waals surface area contributed by atoms with Crippen molar-refractivity contribution in [3.63, 3.8) is 0 Å². The van der Waals surface area contributed by atoms with Gasteiger partial charge in [-0.3, -0.25) is 0 Å². The molecule has 0 aliphatic carbocycles. The molecule has 2 N–H and O–H groups in total. The molecular formula is C14H20N4Si. The van der Waals surface area contributed by atoms with Crippen molar-refractivity contribution >= 4 is 24.9 Å². The van der Waals surface area contributed by atoms with E-state index in [4.69, 9.17) is 5.73 Å². The average molecular weight is 272 g/mol. The number of fused-ring (bicyclic) bond motifs is 1. The first-order valence-corrected chi connectivity index (χ1v) is 9.94. The first-order chi connectivity index (χ1) is 8.79. The van der Waals surface area contributed by atoms with E-state index in [-0.39, 0.29) is 0 Å². The van der Waals surface area contributed by atoms with Gasteiger partial charge < -0.3 is 10.3 Å². The summed E-state index contributed by atoms with van der Waals surface area (Å²) in [6, 6.07) is 0.319. The zero-order valence-corrected chi connectivity index (χ0v) is 13.2. The van der Waals surface area contributed by atoms with Gasteiger partial charge in [0.25, 0.3) is 0 Å². The summed E-state index contributed by atoms with van der Waals surface area (Å²) in [5, 5.41) is 0.877. The molecule has 100 valence electrons. The zero-order chi connectivity index (χ0) is 14.2. The van der Waals surface area contributed by atoms with E-state index in [1.54, 1.807) is 0 Å². The molecular weight excluding hydrogens is 252 g/mol. The number of anilines is 1. The number of nitrogens with zero attached hydrogens (tertiary/aromatic N) is 3. The summed E-state index contributed by atoms with van der Waals surface area (Å²) in [5.74, 6) is 3.78. The maximum atomic E-state index is 5.99. The number of aromatic nitrogens is 3. The maximum absolute atomic E-state index is 5.99. The largest absolute Gasteiger partial charge is 0.383 e. The Balaban J connectivity index is 2.70. The molecule has 0 bridgehead atoms. The van der Waals surface area contributed by atoms with E-state index in [1.807, 2.05) is 6.20 Å². The minimum atomic E-state index is -1.41. The third kappa shape index (κ3) is 2.79. The van der Waals surface area contributed by atoms with Gasteiger partial charge in [0, 0.05) is 12.2 Å². The predicted octanol–water partition coefficient (Wildman–Crippen LogP) is 2.82. The van der Waals surface area contributed by atoms with Gasteiger partial charge in [-0.15, -0.1) is 5.54 Å². The average Bonchev–Trinajstić information content (AvgIpc) is 2.66. The standard InChI is InChI=1S/C14H20N4Si/c1-10(2)18-8-11(6-7-19(3,4)5)12-13(15)16-9-17-14(12)18/h8-10H,1-5H3,(H2,15,16,17). The van der Waals surface area contributed by atoms with Crippen molar-refractivity contribution in [2.75, 3.05) is 5.73 Å². The maximum Gasteiger partial charge on any atom is 0.147 e. The SMILES string of the molecule is CC(C)n1cc(C#C[Si](C)(C)C)c2c(N)ncnc21. The van der Waals surface area contributed by atoms with Gasteiger partial charge in [-0.2, -0.15) is 0 Å². The number of nitrogens with two attached hydrogens (primary N) is 1. The van der Waals surface area contributed by atoms with E-state index >= 15 is 0 Å². The van der Waals surface area contributed by atoms with E-state index in [1.165, 1.54) is 6.33 Å². The van der Waals surface area contributed by atoms with Crippen LogP contribution in [0.2, 0.25) is 19.6 Å². The van der Waals surface area contributed by atoms with Gasteiger partial charge in [-0.05, 0) is 13.8 Å². The van der Waals surface area contributed by atoms with Crippen LogP contribution in [0.4, 0.5) is 5.82 Å². The van der Waals surface area contributed by atoms with Crippen molar-refractivity contribution in [2.24, 2.45) is 0 Å². The van der Waals surface area contributed by atoms with Gasteiger partial charge in [0.1, 0.15) is 25.9 Å². The van der Waals surface area contributed by atoms with Crippen LogP contribution < -0.4 is 5.73 Å². The molecule has 19 heavy (non-hydrogen) atoms. The summed E-state index contributed by atoms with van der Waals surface area (Å²) in [5.41, 5.74) is 11.2. The van der Waals surface area contributed by atoms with Gasteiger partial charge in [0.05, 0.1) is 10.9 Å². The van der Waals surface area contributed by atoms with E-state index < -0.39 is 8.07 Å². The van der Waals surface area contributed by atoms with Crippen molar-refractivity contribution in [1.29, 1.82) is 0 Å². The highest BCUT2D eigenvalue weighted by Gasteiger charge is 2.14. The molecule has 2 aromatic rings. The summed E-state index contributed by atoms with van der Waals surface area (Å²) < 4.78 is 2.10. The van der Waals surface area contributed by atoms with Gasteiger partial charge in [-0.25, -0.2) is 9.97 Å². The second kappa shape index (κ2) is 4.70. The summed E-state index contributed by atoms with van der Waals surface area (Å²) in [6.07, 6.45) is 3.54. The number of nitrogen functional groups attached to an aromatic ring is 1. The lowest BCUT2D eigenvalue weighted by molar-refractivity contribution is 0.617. The zero-order valence-electron chi connectivity index (χ0n) is 12.2. The summed E-state index contributed by atoms with van der Waals surface area (Å²) >= 11 is 0. The molecule has 0 aliphatic rings. The topological polar surface area (TPSA) is 56.7 Å². The second-order valence-electron chi connectivity index (χ2n) is 6.00. The highest BCUT2D eigenvalue weighted by atomic mass is 28.3. The van der Waals surface area contributed by atoms with Crippen LogP contribution in [0, 0.1) is 11.5 Å². The Bertz CT molecular complexity index is 668. The van der Waals surface area contributed by atoms with E-state index in [9.17, 15) is 0 Å². The fourth-order valence-corrected chi connectivity index (χ4v) is 2.36. The molecule has 5 heteroatoms. The van der Waals surface area contributed by atoms with Crippen molar-refractivity contribution in [1.82, 2.24) is 14.5 Å². The molecule has 0 radical (unpaired) electrons. The van der Waals surface area contributed by atoms with Crippen LogP contribution in [0.1, 0.15) is 25.5 Å². The first-order valence-electron chi connectivity index (χ1n) is 6.44. The van der Waals surface area contributed by atoms with Crippen LogP contribution in [0.3, 0.4) is 0 Å². The molecule has 0 atom stereocenters. The Morgan fingerprint density at radius 1 is 1.26 bits per heavy atom. The van der Waals surface area contributed by atoms with Crippen molar-refractivity contribution in [3.8, 4) is 11.5 Å². The van der Waals surface area contributed by atoms with Crippen LogP contribution >= 0.6 is 0 Å². The molecule has 2 rings (SSSR count). The fraction of sp³-hybridized carbons (Fsp3) is 0.429. The number of rotatable bonds is 1. The molecule has 4 nitrogen and oxygen atoms in total. The molecule has 0 aliphatic heterocycles. The minimum Gasteiger partial charge on any atom is -0.383 e. The molecule has 0 aromatic carbocycles. The third-order valence-electron chi connectivity index (χ3n) is 2.77. The van der Waals surface area contributed by atoms with Crippen LogP contribution in [0.5, 0.6) is 0 Å². The van der Waals surface area contributed by atoms with E-state index in [2.05, 4.69) is 59.5 Å². The molecule has 2 aromatic heterocycles. The first kappa shape index (κ1) is 13.6. The van der Waals surface area contributed by atoms with Crippen LogP contribution in [-0.2, 0) is 0 Å². The van der Waals surface area contributed by atoms with Crippen LogP contribution in [0.25, 0.3) is 11.0 Å². The Labute approximate surface area is 115 Å². The lowest BCUT2D eigenvalue weighted by Crippen LogP contribution is -2.16. The second-order valence-corrected chi connectivity index (χ2v) is 10.8. The van der Waals surface area contributed by atoms with Crippen molar-refractivity contribution in [3.05, 3.63) is 18.1 Å². The third-order valence-corrected chi connectivity index (χ3v) is 3.64. The summed E-state index contributed by atoms with van der Waals surface area (Å²) in [4.78, 5) is 8.43.